The monoisotopic (exact) mass is 242 g/mol. The van der Waals surface area contributed by atoms with E-state index in [2.05, 4.69) is 19.2 Å². The molecule has 0 aromatic heterocycles. The first-order valence-electron chi connectivity index (χ1n) is 6.67. The zero-order valence-electron chi connectivity index (χ0n) is 11.4. The Labute approximate surface area is 105 Å². The van der Waals surface area contributed by atoms with Crippen LogP contribution in [-0.2, 0) is 9.53 Å². The van der Waals surface area contributed by atoms with Crippen molar-refractivity contribution in [3.8, 4) is 0 Å². The van der Waals surface area contributed by atoms with Gasteiger partial charge in [-0.05, 0) is 25.8 Å². The Kier molecular flexibility index (Phi) is 6.52. The Balaban J connectivity index is 2.18. The molecule has 1 aliphatic carbocycles. The van der Waals surface area contributed by atoms with Gasteiger partial charge in [-0.2, -0.15) is 0 Å². The van der Waals surface area contributed by atoms with Crippen LogP contribution < -0.4 is 5.32 Å². The van der Waals surface area contributed by atoms with Crippen LogP contribution in [0.3, 0.4) is 0 Å². The molecule has 1 fully saturated rings. The van der Waals surface area contributed by atoms with Gasteiger partial charge in [-0.15, -0.1) is 0 Å². The predicted molar refractivity (Wildman–Crippen MR) is 69.0 cm³/mol. The van der Waals surface area contributed by atoms with Gasteiger partial charge in [-0.1, -0.05) is 13.8 Å². The SMILES string of the molecule is COCCN(C(=O)CCCNC(C)C)C1CC1. The van der Waals surface area contributed by atoms with Crippen molar-refractivity contribution in [2.24, 2.45) is 0 Å². The number of ether oxygens (including phenoxy) is 1. The van der Waals surface area contributed by atoms with Crippen LogP contribution in [-0.4, -0.2) is 49.7 Å². The van der Waals surface area contributed by atoms with E-state index in [1.54, 1.807) is 7.11 Å². The first-order chi connectivity index (χ1) is 8.15. The molecule has 0 unspecified atom stereocenters. The molecule has 0 aliphatic heterocycles. The van der Waals surface area contributed by atoms with Gasteiger partial charge in [0.1, 0.15) is 0 Å². The molecule has 1 rings (SSSR count). The Morgan fingerprint density at radius 3 is 2.71 bits per heavy atom. The molecule has 1 N–H and O–H groups in total. The third-order valence-electron chi connectivity index (χ3n) is 2.96. The fourth-order valence-electron chi connectivity index (χ4n) is 1.86. The number of hydrogen-bond acceptors (Lipinski definition) is 3. The van der Waals surface area contributed by atoms with Crippen molar-refractivity contribution < 1.29 is 9.53 Å². The Bertz CT molecular complexity index is 227. The van der Waals surface area contributed by atoms with Gasteiger partial charge in [0, 0.05) is 32.2 Å². The molecular weight excluding hydrogens is 216 g/mol. The number of nitrogens with one attached hydrogen (secondary N) is 1. The number of rotatable bonds is 9. The Morgan fingerprint density at radius 2 is 2.18 bits per heavy atom. The lowest BCUT2D eigenvalue weighted by Gasteiger charge is -2.22. The highest BCUT2D eigenvalue weighted by Crippen LogP contribution is 2.27. The zero-order chi connectivity index (χ0) is 12.7. The molecule has 4 nitrogen and oxygen atoms in total. The molecule has 1 saturated carbocycles. The second-order valence-electron chi connectivity index (χ2n) is 5.02. The minimum absolute atomic E-state index is 0.287. The van der Waals surface area contributed by atoms with Crippen LogP contribution in [0.15, 0.2) is 0 Å². The number of nitrogens with zero attached hydrogens (tertiary/aromatic N) is 1. The lowest BCUT2D eigenvalue weighted by molar-refractivity contribution is -0.132. The third kappa shape index (κ3) is 6.03. The van der Waals surface area contributed by atoms with E-state index in [9.17, 15) is 4.79 Å². The molecule has 17 heavy (non-hydrogen) atoms. The number of amides is 1. The fraction of sp³-hybridized carbons (Fsp3) is 0.923. The number of carbonyl (C=O) groups is 1. The van der Waals surface area contributed by atoms with Crippen molar-refractivity contribution in [3.05, 3.63) is 0 Å². The van der Waals surface area contributed by atoms with E-state index in [4.69, 9.17) is 4.74 Å². The molecule has 0 aromatic rings. The van der Waals surface area contributed by atoms with Gasteiger partial charge in [-0.25, -0.2) is 0 Å². The topological polar surface area (TPSA) is 41.6 Å². The van der Waals surface area contributed by atoms with Gasteiger partial charge in [0.05, 0.1) is 6.61 Å². The summed E-state index contributed by atoms with van der Waals surface area (Å²) in [5.74, 6) is 0.287. The van der Waals surface area contributed by atoms with Crippen molar-refractivity contribution in [1.29, 1.82) is 0 Å². The highest BCUT2D eigenvalue weighted by atomic mass is 16.5. The average Bonchev–Trinajstić information content (AvgIpc) is 3.09. The smallest absolute Gasteiger partial charge is 0.222 e. The highest BCUT2D eigenvalue weighted by Gasteiger charge is 2.31. The maximum absolute atomic E-state index is 12.0. The quantitative estimate of drug-likeness (QED) is 0.621. The van der Waals surface area contributed by atoms with E-state index < -0.39 is 0 Å². The summed E-state index contributed by atoms with van der Waals surface area (Å²) in [6, 6.07) is 0.994. The van der Waals surface area contributed by atoms with E-state index in [1.807, 2.05) is 4.90 Å². The van der Waals surface area contributed by atoms with E-state index >= 15 is 0 Å². The standard InChI is InChI=1S/C13H26N2O2/c1-11(2)14-8-4-5-13(16)15(9-10-17-3)12-6-7-12/h11-12,14H,4-10H2,1-3H3. The summed E-state index contributed by atoms with van der Waals surface area (Å²) < 4.78 is 5.05. The molecule has 0 heterocycles. The van der Waals surface area contributed by atoms with Crippen LogP contribution in [0.2, 0.25) is 0 Å². The van der Waals surface area contributed by atoms with Gasteiger partial charge in [-0.3, -0.25) is 4.79 Å². The van der Waals surface area contributed by atoms with E-state index in [0.29, 0.717) is 25.1 Å². The van der Waals surface area contributed by atoms with E-state index in [1.165, 1.54) is 12.8 Å². The van der Waals surface area contributed by atoms with Crippen LogP contribution in [0.1, 0.15) is 39.5 Å². The molecule has 4 heteroatoms. The second kappa shape index (κ2) is 7.67. The van der Waals surface area contributed by atoms with Gasteiger partial charge in [0.2, 0.25) is 5.91 Å². The van der Waals surface area contributed by atoms with Gasteiger partial charge >= 0.3 is 0 Å². The first-order valence-corrected chi connectivity index (χ1v) is 6.67. The Morgan fingerprint density at radius 1 is 1.47 bits per heavy atom. The maximum Gasteiger partial charge on any atom is 0.222 e. The molecule has 0 spiro atoms. The van der Waals surface area contributed by atoms with Crippen LogP contribution in [0.5, 0.6) is 0 Å². The van der Waals surface area contributed by atoms with E-state index in [-0.39, 0.29) is 5.91 Å². The summed E-state index contributed by atoms with van der Waals surface area (Å²) >= 11 is 0. The normalized spacial score (nSPS) is 15.3. The predicted octanol–water partition coefficient (Wildman–Crippen LogP) is 1.40. The number of methoxy groups -OCH3 is 1. The van der Waals surface area contributed by atoms with Crippen molar-refractivity contribution >= 4 is 5.91 Å². The molecule has 0 atom stereocenters. The van der Waals surface area contributed by atoms with Crippen LogP contribution in [0, 0.1) is 0 Å². The molecule has 1 aliphatic rings. The summed E-state index contributed by atoms with van der Waals surface area (Å²) in [4.78, 5) is 14.0. The number of hydrogen-bond donors (Lipinski definition) is 1. The second-order valence-corrected chi connectivity index (χ2v) is 5.02. The minimum Gasteiger partial charge on any atom is -0.383 e. The zero-order valence-corrected chi connectivity index (χ0v) is 11.4. The van der Waals surface area contributed by atoms with Crippen LogP contribution in [0.4, 0.5) is 0 Å². The highest BCUT2D eigenvalue weighted by molar-refractivity contribution is 5.76. The van der Waals surface area contributed by atoms with Gasteiger partial charge in [0.15, 0.2) is 0 Å². The molecular formula is C13H26N2O2. The fourth-order valence-corrected chi connectivity index (χ4v) is 1.86. The average molecular weight is 242 g/mol. The molecule has 100 valence electrons. The molecule has 0 saturated heterocycles. The van der Waals surface area contributed by atoms with Crippen molar-refractivity contribution in [2.45, 2.75) is 51.6 Å². The Hall–Kier alpha value is -0.610. The van der Waals surface area contributed by atoms with Crippen LogP contribution in [0.25, 0.3) is 0 Å². The maximum atomic E-state index is 12.0. The summed E-state index contributed by atoms with van der Waals surface area (Å²) in [5, 5.41) is 3.33. The van der Waals surface area contributed by atoms with E-state index in [0.717, 1.165) is 19.5 Å². The third-order valence-corrected chi connectivity index (χ3v) is 2.96. The summed E-state index contributed by atoms with van der Waals surface area (Å²) in [5.41, 5.74) is 0. The number of carbonyl (C=O) groups excluding carboxylic acids is 1. The summed E-state index contributed by atoms with van der Waals surface area (Å²) in [7, 11) is 1.68. The molecule has 0 bridgehead atoms. The largest absolute Gasteiger partial charge is 0.383 e. The molecule has 0 aromatic carbocycles. The minimum atomic E-state index is 0.287. The first kappa shape index (κ1) is 14.5. The van der Waals surface area contributed by atoms with Gasteiger partial charge < -0.3 is 15.0 Å². The lowest BCUT2D eigenvalue weighted by atomic mass is 10.2. The van der Waals surface area contributed by atoms with Crippen molar-refractivity contribution in [2.75, 3.05) is 26.8 Å². The lowest BCUT2D eigenvalue weighted by Crippen LogP contribution is -2.36. The van der Waals surface area contributed by atoms with Crippen LogP contribution >= 0.6 is 0 Å². The van der Waals surface area contributed by atoms with Crippen molar-refractivity contribution in [3.63, 3.8) is 0 Å². The summed E-state index contributed by atoms with van der Waals surface area (Å²) in [6.45, 7) is 6.56. The van der Waals surface area contributed by atoms with Crippen molar-refractivity contribution in [1.82, 2.24) is 10.2 Å². The molecule has 0 radical (unpaired) electrons. The molecule has 1 amide bonds. The van der Waals surface area contributed by atoms with Gasteiger partial charge in [0.25, 0.3) is 0 Å². The summed E-state index contributed by atoms with van der Waals surface area (Å²) in [6.07, 6.45) is 3.91.